The standard InChI is InChI=1S/C16H17Cl2N3O3/c1-20(2)16-10-6-21(12(23)7-22)5-9(10)8-4-11(24-3)13(17)14(18)15(8)19-16/h4,22H,5-7H2,1-3H3. The molecular weight excluding hydrogens is 353 g/mol. The second-order valence-electron chi connectivity index (χ2n) is 5.80. The minimum absolute atomic E-state index is 0.310. The van der Waals surface area contributed by atoms with Gasteiger partial charge in [-0.2, -0.15) is 0 Å². The molecule has 0 aliphatic carbocycles. The van der Waals surface area contributed by atoms with Gasteiger partial charge in [0.05, 0.1) is 24.2 Å². The van der Waals surface area contributed by atoms with Gasteiger partial charge in [0.1, 0.15) is 23.2 Å². The van der Waals surface area contributed by atoms with Crippen LogP contribution in [0, 0.1) is 0 Å². The summed E-state index contributed by atoms with van der Waals surface area (Å²) in [5.41, 5.74) is 2.46. The number of aliphatic hydroxyl groups is 1. The first-order valence-electron chi connectivity index (χ1n) is 7.32. The van der Waals surface area contributed by atoms with Crippen LogP contribution in [-0.4, -0.2) is 48.7 Å². The topological polar surface area (TPSA) is 65.9 Å². The number of aromatic nitrogens is 1. The molecule has 0 saturated carbocycles. The molecule has 2 heterocycles. The molecule has 0 atom stereocenters. The Bertz CT molecular complexity index is 839. The Morgan fingerprint density at radius 3 is 2.58 bits per heavy atom. The number of benzene rings is 1. The van der Waals surface area contributed by atoms with E-state index in [1.54, 1.807) is 11.0 Å². The zero-order chi connectivity index (χ0) is 17.6. The Morgan fingerprint density at radius 1 is 1.33 bits per heavy atom. The number of rotatable bonds is 3. The first kappa shape index (κ1) is 17.1. The summed E-state index contributed by atoms with van der Waals surface area (Å²) >= 11 is 12.6. The Morgan fingerprint density at radius 2 is 2.00 bits per heavy atom. The molecule has 1 aromatic carbocycles. The van der Waals surface area contributed by atoms with E-state index in [2.05, 4.69) is 4.98 Å². The number of ether oxygens (including phenoxy) is 1. The minimum Gasteiger partial charge on any atom is -0.495 e. The van der Waals surface area contributed by atoms with Crippen molar-refractivity contribution in [3.8, 4) is 5.75 Å². The molecule has 1 aromatic heterocycles. The van der Waals surface area contributed by atoms with Crippen molar-refractivity contribution in [2.75, 3.05) is 32.7 Å². The van der Waals surface area contributed by atoms with E-state index in [1.165, 1.54) is 7.11 Å². The van der Waals surface area contributed by atoms with Gasteiger partial charge in [0.15, 0.2) is 0 Å². The lowest BCUT2D eigenvalue weighted by molar-refractivity contribution is -0.134. The number of carbonyl (C=O) groups is 1. The molecule has 0 bridgehead atoms. The molecule has 0 radical (unpaired) electrons. The summed E-state index contributed by atoms with van der Waals surface area (Å²) in [6, 6.07) is 1.79. The van der Waals surface area contributed by atoms with Crippen molar-refractivity contribution in [1.29, 1.82) is 0 Å². The van der Waals surface area contributed by atoms with Gasteiger partial charge in [-0.1, -0.05) is 23.2 Å². The molecule has 8 heteroatoms. The fraction of sp³-hybridized carbons (Fsp3) is 0.375. The Kier molecular flexibility index (Phi) is 4.46. The predicted molar refractivity (Wildman–Crippen MR) is 94.0 cm³/mol. The summed E-state index contributed by atoms with van der Waals surface area (Å²) < 4.78 is 5.29. The first-order valence-corrected chi connectivity index (χ1v) is 8.08. The highest BCUT2D eigenvalue weighted by molar-refractivity contribution is 6.46. The Hall–Kier alpha value is -1.76. The number of hydrogen-bond acceptors (Lipinski definition) is 5. The molecule has 3 rings (SSSR count). The second kappa shape index (κ2) is 6.27. The van der Waals surface area contributed by atoms with Crippen LogP contribution in [-0.2, 0) is 17.9 Å². The fourth-order valence-electron chi connectivity index (χ4n) is 2.98. The van der Waals surface area contributed by atoms with E-state index in [4.69, 9.17) is 33.0 Å². The van der Waals surface area contributed by atoms with Gasteiger partial charge in [-0.25, -0.2) is 4.98 Å². The molecular formula is C16H17Cl2N3O3. The molecule has 6 nitrogen and oxygen atoms in total. The lowest BCUT2D eigenvalue weighted by atomic mass is 10.0. The number of hydrogen-bond donors (Lipinski definition) is 1. The summed E-state index contributed by atoms with van der Waals surface area (Å²) in [6.07, 6.45) is 0. The van der Waals surface area contributed by atoms with Crippen LogP contribution in [0.4, 0.5) is 5.82 Å². The second-order valence-corrected chi connectivity index (χ2v) is 6.55. The van der Waals surface area contributed by atoms with Crippen LogP contribution >= 0.6 is 23.2 Å². The van der Waals surface area contributed by atoms with Crippen molar-refractivity contribution >= 4 is 45.8 Å². The molecule has 1 aliphatic heterocycles. The third-order valence-corrected chi connectivity index (χ3v) is 4.99. The van der Waals surface area contributed by atoms with E-state index < -0.39 is 6.61 Å². The summed E-state index contributed by atoms with van der Waals surface area (Å²) in [6.45, 7) is 0.260. The summed E-state index contributed by atoms with van der Waals surface area (Å²) in [4.78, 5) is 20.0. The molecule has 1 aliphatic rings. The molecule has 128 valence electrons. The summed E-state index contributed by atoms with van der Waals surface area (Å²) in [5.74, 6) is 0.868. The largest absolute Gasteiger partial charge is 0.495 e. The fourth-order valence-corrected chi connectivity index (χ4v) is 3.44. The van der Waals surface area contributed by atoms with Crippen LogP contribution in [0.25, 0.3) is 10.9 Å². The number of halogens is 2. The van der Waals surface area contributed by atoms with Crippen molar-refractivity contribution in [2.45, 2.75) is 13.1 Å². The normalized spacial score (nSPS) is 13.3. The molecule has 24 heavy (non-hydrogen) atoms. The van der Waals surface area contributed by atoms with Crippen LogP contribution < -0.4 is 9.64 Å². The summed E-state index contributed by atoms with van der Waals surface area (Å²) in [7, 11) is 5.28. The Balaban J connectivity index is 2.30. The maximum Gasteiger partial charge on any atom is 0.248 e. The van der Waals surface area contributed by atoms with Gasteiger partial charge in [-0.3, -0.25) is 4.79 Å². The average Bonchev–Trinajstić information content (AvgIpc) is 3.01. The van der Waals surface area contributed by atoms with E-state index >= 15 is 0 Å². The number of methoxy groups -OCH3 is 1. The van der Waals surface area contributed by atoms with Crippen LogP contribution in [0.15, 0.2) is 6.07 Å². The zero-order valence-corrected chi connectivity index (χ0v) is 15.1. The van der Waals surface area contributed by atoms with E-state index in [0.29, 0.717) is 34.4 Å². The van der Waals surface area contributed by atoms with Crippen LogP contribution in [0.1, 0.15) is 11.1 Å². The number of aliphatic hydroxyl groups excluding tert-OH is 1. The van der Waals surface area contributed by atoms with Gasteiger partial charge in [-0.05, 0) is 11.6 Å². The minimum atomic E-state index is -0.521. The van der Waals surface area contributed by atoms with E-state index in [1.807, 2.05) is 19.0 Å². The smallest absolute Gasteiger partial charge is 0.248 e. The van der Waals surface area contributed by atoms with Gasteiger partial charge in [0, 0.05) is 31.6 Å². The van der Waals surface area contributed by atoms with Crippen LogP contribution in [0.5, 0.6) is 5.75 Å². The average molecular weight is 370 g/mol. The highest BCUT2D eigenvalue weighted by Gasteiger charge is 2.30. The van der Waals surface area contributed by atoms with Crippen molar-refractivity contribution in [2.24, 2.45) is 0 Å². The molecule has 0 unspecified atom stereocenters. The van der Waals surface area contributed by atoms with Crippen LogP contribution in [0.2, 0.25) is 10.0 Å². The number of nitrogens with zero attached hydrogens (tertiary/aromatic N) is 3. The quantitative estimate of drug-likeness (QED) is 0.899. The van der Waals surface area contributed by atoms with Gasteiger partial charge in [0.25, 0.3) is 0 Å². The van der Waals surface area contributed by atoms with Gasteiger partial charge in [0.2, 0.25) is 5.91 Å². The molecule has 1 amide bonds. The van der Waals surface area contributed by atoms with E-state index in [0.717, 1.165) is 22.3 Å². The molecule has 0 fully saturated rings. The monoisotopic (exact) mass is 369 g/mol. The van der Waals surface area contributed by atoms with Crippen molar-refractivity contribution in [3.63, 3.8) is 0 Å². The van der Waals surface area contributed by atoms with Gasteiger partial charge in [-0.15, -0.1) is 0 Å². The van der Waals surface area contributed by atoms with Crippen molar-refractivity contribution < 1.29 is 14.6 Å². The van der Waals surface area contributed by atoms with Gasteiger partial charge < -0.3 is 19.6 Å². The molecule has 1 N–H and O–H groups in total. The number of fused-ring (bicyclic) bond motifs is 3. The van der Waals surface area contributed by atoms with E-state index in [9.17, 15) is 4.79 Å². The highest BCUT2D eigenvalue weighted by atomic mass is 35.5. The molecule has 0 saturated heterocycles. The maximum atomic E-state index is 11.9. The lowest BCUT2D eigenvalue weighted by Crippen LogP contribution is -2.28. The number of anilines is 1. The third-order valence-electron chi connectivity index (χ3n) is 4.15. The Labute approximate surface area is 149 Å². The van der Waals surface area contributed by atoms with Crippen molar-refractivity contribution in [3.05, 3.63) is 27.2 Å². The maximum absolute atomic E-state index is 11.9. The predicted octanol–water partition coefficient (Wildman–Crippen LogP) is 2.45. The van der Waals surface area contributed by atoms with Crippen LogP contribution in [0.3, 0.4) is 0 Å². The SMILES string of the molecule is COc1cc2c3c(c(N(C)C)nc2c(Cl)c1Cl)CN(C(=O)CO)C3. The highest BCUT2D eigenvalue weighted by Crippen LogP contribution is 2.43. The van der Waals surface area contributed by atoms with E-state index in [-0.39, 0.29) is 5.91 Å². The molecule has 0 spiro atoms. The zero-order valence-electron chi connectivity index (χ0n) is 13.6. The lowest BCUT2D eigenvalue weighted by Gasteiger charge is -2.18. The number of carbonyl (C=O) groups excluding carboxylic acids is 1. The van der Waals surface area contributed by atoms with Crippen molar-refractivity contribution in [1.82, 2.24) is 9.88 Å². The van der Waals surface area contributed by atoms with Gasteiger partial charge >= 0.3 is 0 Å². The first-order chi connectivity index (χ1) is 11.4. The third kappa shape index (κ3) is 2.55. The number of pyridine rings is 1. The molecule has 2 aromatic rings. The summed E-state index contributed by atoms with van der Waals surface area (Å²) in [5, 5.41) is 10.6. The number of amides is 1.